The fraction of sp³-hybridized carbons (Fsp3) is 0.375. The molecule has 174 valence electrons. The lowest BCUT2D eigenvalue weighted by Gasteiger charge is -2.19. The third-order valence-corrected chi connectivity index (χ3v) is 6.79. The molecule has 1 N–H and O–H groups in total. The van der Waals surface area contributed by atoms with Crippen LogP contribution in [-0.4, -0.2) is 34.7 Å². The number of aromatic nitrogens is 2. The monoisotopic (exact) mass is 489 g/mol. The van der Waals surface area contributed by atoms with Crippen molar-refractivity contribution >= 4 is 40.2 Å². The molecule has 33 heavy (non-hydrogen) atoms. The summed E-state index contributed by atoms with van der Waals surface area (Å²) in [6, 6.07) is 11.0. The Morgan fingerprint density at radius 2 is 2.06 bits per heavy atom. The van der Waals surface area contributed by atoms with Crippen molar-refractivity contribution < 1.29 is 13.9 Å². The molecular weight excluding hydrogens is 465 g/mol. The maximum atomic E-state index is 13.5. The number of ether oxygens (including phenoxy) is 1. The first kappa shape index (κ1) is 23.7. The number of amides is 1. The van der Waals surface area contributed by atoms with E-state index in [1.165, 1.54) is 23.9 Å². The molecule has 1 heterocycles. The van der Waals surface area contributed by atoms with Crippen LogP contribution in [-0.2, 0) is 16.1 Å². The van der Waals surface area contributed by atoms with E-state index in [0.29, 0.717) is 52.8 Å². The van der Waals surface area contributed by atoms with Crippen molar-refractivity contribution in [2.24, 2.45) is 0 Å². The number of fused-ring (bicyclic) bond motifs is 1. The number of rotatable bonds is 10. The normalized spacial score (nSPS) is 14.4. The van der Waals surface area contributed by atoms with Crippen LogP contribution >= 0.6 is 23.4 Å². The van der Waals surface area contributed by atoms with Crippen LogP contribution in [0, 0.1) is 5.82 Å². The molecule has 6 nitrogen and oxygen atoms in total. The second-order valence-electron chi connectivity index (χ2n) is 7.90. The van der Waals surface area contributed by atoms with Gasteiger partial charge in [0, 0.05) is 30.8 Å². The van der Waals surface area contributed by atoms with Gasteiger partial charge in [-0.15, -0.1) is 0 Å². The highest BCUT2D eigenvalue weighted by molar-refractivity contribution is 8.00. The van der Waals surface area contributed by atoms with E-state index in [2.05, 4.69) is 5.32 Å². The summed E-state index contributed by atoms with van der Waals surface area (Å²) in [6.07, 6.45) is 2.51. The lowest BCUT2D eigenvalue weighted by molar-refractivity contribution is -0.120. The zero-order chi connectivity index (χ0) is 23.4. The molecule has 1 aliphatic carbocycles. The summed E-state index contributed by atoms with van der Waals surface area (Å²) < 4.78 is 20.6. The predicted octanol–water partition coefficient (Wildman–Crippen LogP) is 4.73. The molecule has 4 rings (SSSR count). The Labute approximate surface area is 200 Å². The second-order valence-corrected chi connectivity index (χ2v) is 9.40. The van der Waals surface area contributed by atoms with Crippen LogP contribution in [0.1, 0.15) is 37.0 Å². The highest BCUT2D eigenvalue weighted by Crippen LogP contribution is 2.36. The number of carbonyl (C=O) groups is 1. The summed E-state index contributed by atoms with van der Waals surface area (Å²) in [5.41, 5.74) is 0.911. The van der Waals surface area contributed by atoms with Gasteiger partial charge in [0.25, 0.3) is 5.56 Å². The Morgan fingerprint density at radius 3 is 2.76 bits per heavy atom. The van der Waals surface area contributed by atoms with E-state index in [9.17, 15) is 14.0 Å². The van der Waals surface area contributed by atoms with Crippen molar-refractivity contribution in [3.05, 3.63) is 69.2 Å². The van der Waals surface area contributed by atoms with Crippen LogP contribution in [0.15, 0.2) is 52.4 Å². The zero-order valence-corrected chi connectivity index (χ0v) is 19.8. The molecule has 0 spiro atoms. The van der Waals surface area contributed by atoms with E-state index >= 15 is 0 Å². The lowest BCUT2D eigenvalue weighted by atomic mass is 10.1. The topological polar surface area (TPSA) is 73.2 Å². The Kier molecular flexibility index (Phi) is 7.67. The number of thioether (sulfide) groups is 1. The van der Waals surface area contributed by atoms with Gasteiger partial charge in [-0.2, -0.15) is 0 Å². The van der Waals surface area contributed by atoms with Gasteiger partial charge in [-0.3, -0.25) is 14.2 Å². The standard InChI is InChI=1S/C24H25ClFN3O3S/c1-2-32-13-3-12-29-23(31)19-11-6-16(25)14-20(19)28-24(29)33-21(22(30)27-18-9-10-18)15-4-7-17(26)8-5-15/h4-8,11,14,18,21H,2-3,9-10,12-13H2,1H3,(H,27,30). The largest absolute Gasteiger partial charge is 0.382 e. The average molecular weight is 490 g/mol. The number of carbonyl (C=O) groups excluding carboxylic acids is 1. The number of nitrogens with one attached hydrogen (secondary N) is 1. The fourth-order valence-corrected chi connectivity index (χ4v) is 4.75. The van der Waals surface area contributed by atoms with Crippen LogP contribution in [0.4, 0.5) is 4.39 Å². The smallest absolute Gasteiger partial charge is 0.262 e. The number of hydrogen-bond donors (Lipinski definition) is 1. The van der Waals surface area contributed by atoms with E-state index in [1.807, 2.05) is 6.92 Å². The molecular formula is C24H25ClFN3O3S. The summed E-state index contributed by atoms with van der Waals surface area (Å²) in [5, 5.41) is 3.67. The third-order valence-electron chi connectivity index (χ3n) is 5.31. The molecule has 1 fully saturated rings. The highest BCUT2D eigenvalue weighted by atomic mass is 35.5. The van der Waals surface area contributed by atoms with E-state index in [4.69, 9.17) is 21.3 Å². The molecule has 0 saturated heterocycles. The van der Waals surface area contributed by atoms with Crippen LogP contribution in [0.5, 0.6) is 0 Å². The first-order chi connectivity index (χ1) is 16.0. The van der Waals surface area contributed by atoms with Gasteiger partial charge in [0.2, 0.25) is 5.91 Å². The molecule has 1 atom stereocenters. The first-order valence-corrected chi connectivity index (χ1v) is 12.2. The average Bonchev–Trinajstić information content (AvgIpc) is 3.61. The molecule has 1 saturated carbocycles. The first-order valence-electron chi connectivity index (χ1n) is 11.0. The molecule has 2 aromatic carbocycles. The van der Waals surface area contributed by atoms with Crippen LogP contribution < -0.4 is 10.9 Å². The Balaban J connectivity index is 1.74. The SMILES string of the molecule is CCOCCCn1c(SC(C(=O)NC2CC2)c2ccc(F)cc2)nc2cc(Cl)ccc2c1=O. The minimum absolute atomic E-state index is 0.165. The van der Waals surface area contributed by atoms with Gasteiger partial charge in [0.1, 0.15) is 11.1 Å². The van der Waals surface area contributed by atoms with Crippen molar-refractivity contribution in [3.8, 4) is 0 Å². The second kappa shape index (κ2) is 10.7. The molecule has 0 radical (unpaired) electrons. The quantitative estimate of drug-likeness (QED) is 0.253. The minimum Gasteiger partial charge on any atom is -0.382 e. The van der Waals surface area contributed by atoms with Gasteiger partial charge < -0.3 is 10.1 Å². The van der Waals surface area contributed by atoms with Gasteiger partial charge in [0.15, 0.2) is 5.16 Å². The van der Waals surface area contributed by atoms with Crippen molar-refractivity contribution in [2.45, 2.75) is 49.2 Å². The lowest BCUT2D eigenvalue weighted by Crippen LogP contribution is -2.31. The van der Waals surface area contributed by atoms with Crippen molar-refractivity contribution in [1.82, 2.24) is 14.9 Å². The van der Waals surface area contributed by atoms with Gasteiger partial charge in [-0.05, 0) is 62.1 Å². The van der Waals surface area contributed by atoms with E-state index in [-0.39, 0.29) is 23.3 Å². The van der Waals surface area contributed by atoms with Gasteiger partial charge >= 0.3 is 0 Å². The molecule has 0 bridgehead atoms. The summed E-state index contributed by atoms with van der Waals surface area (Å²) in [4.78, 5) is 31.1. The number of nitrogens with zero attached hydrogens (tertiary/aromatic N) is 2. The zero-order valence-electron chi connectivity index (χ0n) is 18.2. The maximum absolute atomic E-state index is 13.5. The predicted molar refractivity (Wildman–Crippen MR) is 128 cm³/mol. The minimum atomic E-state index is -0.687. The van der Waals surface area contributed by atoms with Crippen molar-refractivity contribution in [1.29, 1.82) is 0 Å². The number of halogens is 2. The van der Waals surface area contributed by atoms with Gasteiger partial charge in [-0.1, -0.05) is 35.5 Å². The molecule has 1 unspecified atom stereocenters. The Morgan fingerprint density at radius 1 is 1.30 bits per heavy atom. The summed E-state index contributed by atoms with van der Waals surface area (Å²) in [6.45, 7) is 3.42. The Hall–Kier alpha value is -2.42. The summed E-state index contributed by atoms with van der Waals surface area (Å²) in [7, 11) is 0. The Bertz CT molecular complexity index is 1200. The highest BCUT2D eigenvalue weighted by Gasteiger charge is 2.30. The summed E-state index contributed by atoms with van der Waals surface area (Å²) in [5.74, 6) is -0.563. The summed E-state index contributed by atoms with van der Waals surface area (Å²) >= 11 is 7.33. The molecule has 9 heteroatoms. The van der Waals surface area contributed by atoms with Crippen molar-refractivity contribution in [2.75, 3.05) is 13.2 Å². The van der Waals surface area contributed by atoms with E-state index < -0.39 is 5.25 Å². The van der Waals surface area contributed by atoms with Gasteiger partial charge in [-0.25, -0.2) is 9.37 Å². The molecule has 1 aliphatic rings. The molecule has 1 aromatic heterocycles. The maximum Gasteiger partial charge on any atom is 0.262 e. The molecule has 0 aliphatic heterocycles. The van der Waals surface area contributed by atoms with Crippen LogP contribution in [0.25, 0.3) is 10.9 Å². The van der Waals surface area contributed by atoms with Gasteiger partial charge in [0.05, 0.1) is 10.9 Å². The number of hydrogen-bond acceptors (Lipinski definition) is 5. The fourth-order valence-electron chi connectivity index (χ4n) is 3.45. The number of benzene rings is 2. The van der Waals surface area contributed by atoms with Crippen LogP contribution in [0.3, 0.4) is 0 Å². The third kappa shape index (κ3) is 5.93. The molecule has 1 amide bonds. The molecule has 3 aromatic rings. The van der Waals surface area contributed by atoms with Crippen LogP contribution in [0.2, 0.25) is 5.02 Å². The van der Waals surface area contributed by atoms with Crippen molar-refractivity contribution in [3.63, 3.8) is 0 Å². The van der Waals surface area contributed by atoms with E-state index in [0.717, 1.165) is 12.8 Å². The van der Waals surface area contributed by atoms with E-state index in [1.54, 1.807) is 34.9 Å².